The molecule has 0 bridgehead atoms. The highest BCUT2D eigenvalue weighted by Gasteiger charge is 2.28. The molecule has 0 aliphatic heterocycles. The minimum absolute atomic E-state index is 0.0879. The van der Waals surface area contributed by atoms with Crippen LogP contribution in [0.15, 0.2) is 42.5 Å². The van der Waals surface area contributed by atoms with E-state index in [1.165, 1.54) is 30.3 Å². The summed E-state index contributed by atoms with van der Waals surface area (Å²) in [7, 11) is 0. The van der Waals surface area contributed by atoms with Gasteiger partial charge in [0.15, 0.2) is 5.75 Å². The third-order valence-electron chi connectivity index (χ3n) is 3.45. The molecule has 25 heavy (non-hydrogen) atoms. The Labute approximate surface area is 154 Å². The highest BCUT2D eigenvalue weighted by molar-refractivity contribution is 6.43. The van der Waals surface area contributed by atoms with Crippen LogP contribution in [0.2, 0.25) is 10.0 Å². The first-order valence-corrected chi connectivity index (χ1v) is 8.28. The first-order valence-electron chi connectivity index (χ1n) is 7.52. The Morgan fingerprint density at radius 2 is 1.76 bits per heavy atom. The normalized spacial score (nSPS) is 11.9. The summed E-state index contributed by atoms with van der Waals surface area (Å²) in [6.45, 7) is 3.46. The third kappa shape index (κ3) is 4.71. The number of amides is 1. The van der Waals surface area contributed by atoms with Crippen LogP contribution in [0.1, 0.15) is 24.2 Å². The van der Waals surface area contributed by atoms with Crippen molar-refractivity contribution < 1.29 is 18.7 Å². The van der Waals surface area contributed by atoms with Gasteiger partial charge in [0, 0.05) is 0 Å². The van der Waals surface area contributed by atoms with Crippen LogP contribution in [-0.4, -0.2) is 17.9 Å². The van der Waals surface area contributed by atoms with Crippen LogP contribution in [0.3, 0.4) is 0 Å². The van der Waals surface area contributed by atoms with Crippen LogP contribution in [0.25, 0.3) is 0 Å². The van der Waals surface area contributed by atoms with Crippen molar-refractivity contribution in [1.82, 2.24) is 5.32 Å². The molecule has 0 saturated carbocycles. The number of carbonyl (C=O) groups is 2. The fourth-order valence-corrected chi connectivity index (χ4v) is 2.43. The van der Waals surface area contributed by atoms with Crippen LogP contribution in [0.5, 0.6) is 5.75 Å². The van der Waals surface area contributed by atoms with Gasteiger partial charge in [0.25, 0.3) is 5.91 Å². The van der Waals surface area contributed by atoms with Gasteiger partial charge in [-0.3, -0.25) is 4.79 Å². The molecule has 1 N–H and O–H groups in total. The lowest BCUT2D eigenvalue weighted by molar-refractivity contribution is -0.137. The fourth-order valence-electron chi connectivity index (χ4n) is 2.10. The Bertz CT molecular complexity index is 796. The van der Waals surface area contributed by atoms with Gasteiger partial charge in [0.2, 0.25) is 0 Å². The van der Waals surface area contributed by atoms with Crippen LogP contribution in [-0.2, 0) is 4.79 Å². The second-order valence-corrected chi connectivity index (χ2v) is 6.43. The van der Waals surface area contributed by atoms with Gasteiger partial charge in [-0.05, 0) is 30.2 Å². The molecular formula is C18H16Cl2FNO3. The van der Waals surface area contributed by atoms with Crippen molar-refractivity contribution in [3.8, 4) is 5.75 Å². The number of nitrogens with one attached hydrogen (secondary N) is 1. The topological polar surface area (TPSA) is 55.4 Å². The number of esters is 1. The average molecular weight is 384 g/mol. The molecule has 1 atom stereocenters. The maximum Gasteiger partial charge on any atom is 0.334 e. The van der Waals surface area contributed by atoms with Crippen molar-refractivity contribution in [3.63, 3.8) is 0 Å². The molecule has 0 spiro atoms. The third-order valence-corrected chi connectivity index (χ3v) is 4.25. The molecule has 0 aliphatic carbocycles. The fraction of sp³-hybridized carbons (Fsp3) is 0.222. The Morgan fingerprint density at radius 1 is 1.08 bits per heavy atom. The summed E-state index contributed by atoms with van der Waals surface area (Å²) in [6, 6.07) is 9.16. The molecule has 0 radical (unpaired) electrons. The van der Waals surface area contributed by atoms with Crippen molar-refractivity contribution in [1.29, 1.82) is 0 Å². The molecular weight excluding hydrogens is 368 g/mol. The highest BCUT2D eigenvalue weighted by Crippen LogP contribution is 2.31. The van der Waals surface area contributed by atoms with Crippen molar-refractivity contribution in [2.45, 2.75) is 19.9 Å². The molecule has 0 fully saturated rings. The van der Waals surface area contributed by atoms with Crippen LogP contribution in [0.4, 0.5) is 4.39 Å². The molecule has 1 amide bonds. The molecule has 2 aromatic carbocycles. The standard InChI is InChI=1S/C18H16Cl2FNO3/c1-10(2)16(22-17(23)11-6-3-4-8-13(11)21)18(24)25-14-9-5-7-12(19)15(14)20/h3-10,16H,1-2H3,(H,22,23)/t16-/m0/s1. The SMILES string of the molecule is CC(C)[C@H](NC(=O)c1ccccc1F)C(=O)Oc1cccc(Cl)c1Cl. The summed E-state index contributed by atoms with van der Waals surface area (Å²) in [6.07, 6.45) is 0. The molecule has 2 rings (SSSR count). The molecule has 4 nitrogen and oxygen atoms in total. The smallest absolute Gasteiger partial charge is 0.334 e. The Kier molecular flexibility index (Phi) is 6.39. The van der Waals surface area contributed by atoms with E-state index in [1.54, 1.807) is 26.0 Å². The summed E-state index contributed by atoms with van der Waals surface area (Å²) in [5.41, 5.74) is -0.151. The summed E-state index contributed by atoms with van der Waals surface area (Å²) in [5, 5.41) is 2.84. The van der Waals surface area contributed by atoms with Gasteiger partial charge in [-0.1, -0.05) is 55.2 Å². The Balaban J connectivity index is 2.17. The second kappa shape index (κ2) is 8.32. The van der Waals surface area contributed by atoms with Gasteiger partial charge in [-0.15, -0.1) is 0 Å². The highest BCUT2D eigenvalue weighted by atomic mass is 35.5. The van der Waals surface area contributed by atoms with E-state index in [1.807, 2.05) is 0 Å². The quantitative estimate of drug-likeness (QED) is 0.611. The zero-order valence-corrected chi connectivity index (χ0v) is 15.1. The Morgan fingerprint density at radius 3 is 2.40 bits per heavy atom. The predicted molar refractivity (Wildman–Crippen MR) is 94.6 cm³/mol. The van der Waals surface area contributed by atoms with E-state index in [0.29, 0.717) is 0 Å². The van der Waals surface area contributed by atoms with Crippen molar-refractivity contribution >= 4 is 35.1 Å². The van der Waals surface area contributed by atoms with Crippen LogP contribution >= 0.6 is 23.2 Å². The Hall–Kier alpha value is -2.11. The zero-order chi connectivity index (χ0) is 18.6. The molecule has 7 heteroatoms. The second-order valence-electron chi connectivity index (χ2n) is 5.65. The van der Waals surface area contributed by atoms with E-state index < -0.39 is 23.7 Å². The lowest BCUT2D eigenvalue weighted by Gasteiger charge is -2.21. The molecule has 0 heterocycles. The minimum Gasteiger partial charge on any atom is -0.423 e. The number of hydrogen-bond acceptors (Lipinski definition) is 3. The lowest BCUT2D eigenvalue weighted by atomic mass is 10.0. The molecule has 0 saturated heterocycles. The van der Waals surface area contributed by atoms with E-state index in [9.17, 15) is 14.0 Å². The molecule has 2 aromatic rings. The lowest BCUT2D eigenvalue weighted by Crippen LogP contribution is -2.46. The summed E-state index contributed by atoms with van der Waals surface area (Å²) < 4.78 is 19.0. The van der Waals surface area contributed by atoms with Crippen molar-refractivity contribution in [3.05, 3.63) is 63.9 Å². The van der Waals surface area contributed by atoms with Crippen molar-refractivity contribution in [2.24, 2.45) is 5.92 Å². The number of hydrogen-bond donors (Lipinski definition) is 1. The summed E-state index contributed by atoms with van der Waals surface area (Å²) >= 11 is 11.9. The number of benzene rings is 2. The van der Waals surface area contributed by atoms with Crippen LogP contribution < -0.4 is 10.1 Å². The first-order chi connectivity index (χ1) is 11.8. The van der Waals surface area contributed by atoms with Gasteiger partial charge in [0.1, 0.15) is 16.9 Å². The largest absolute Gasteiger partial charge is 0.423 e. The molecule has 0 aliphatic rings. The number of carbonyl (C=O) groups excluding carboxylic acids is 2. The average Bonchev–Trinajstić information content (AvgIpc) is 2.56. The molecule has 0 unspecified atom stereocenters. The monoisotopic (exact) mass is 383 g/mol. The van der Waals surface area contributed by atoms with Gasteiger partial charge >= 0.3 is 5.97 Å². The van der Waals surface area contributed by atoms with E-state index in [4.69, 9.17) is 27.9 Å². The van der Waals surface area contributed by atoms with E-state index in [-0.39, 0.29) is 27.3 Å². The first kappa shape index (κ1) is 19.2. The summed E-state index contributed by atoms with van der Waals surface area (Å²) in [5.74, 6) is -2.30. The summed E-state index contributed by atoms with van der Waals surface area (Å²) in [4.78, 5) is 24.7. The van der Waals surface area contributed by atoms with Gasteiger partial charge in [0.05, 0.1) is 10.6 Å². The van der Waals surface area contributed by atoms with Gasteiger partial charge in [-0.2, -0.15) is 0 Å². The van der Waals surface area contributed by atoms with Crippen molar-refractivity contribution in [2.75, 3.05) is 0 Å². The molecule has 0 aromatic heterocycles. The molecule has 132 valence electrons. The number of halogens is 3. The van der Waals surface area contributed by atoms with E-state index in [0.717, 1.165) is 0 Å². The maximum absolute atomic E-state index is 13.7. The maximum atomic E-state index is 13.7. The van der Waals surface area contributed by atoms with Gasteiger partial charge < -0.3 is 10.1 Å². The predicted octanol–water partition coefficient (Wildman–Crippen LogP) is 4.49. The van der Waals surface area contributed by atoms with Crippen LogP contribution in [0, 0.1) is 11.7 Å². The van der Waals surface area contributed by atoms with E-state index >= 15 is 0 Å². The zero-order valence-electron chi connectivity index (χ0n) is 13.6. The van der Waals surface area contributed by atoms with E-state index in [2.05, 4.69) is 5.32 Å². The van der Waals surface area contributed by atoms with Gasteiger partial charge in [-0.25, -0.2) is 9.18 Å². The number of rotatable bonds is 5. The minimum atomic E-state index is -0.984. The number of ether oxygens (including phenoxy) is 1.